The van der Waals surface area contributed by atoms with Crippen molar-refractivity contribution in [2.45, 2.75) is 19.7 Å². The Bertz CT molecular complexity index is 619. The number of ketones is 1. The van der Waals surface area contributed by atoms with Gasteiger partial charge in [0, 0.05) is 23.7 Å². The predicted molar refractivity (Wildman–Crippen MR) is 71.0 cm³/mol. The van der Waals surface area contributed by atoms with E-state index in [4.69, 9.17) is 0 Å². The molecule has 1 aromatic heterocycles. The van der Waals surface area contributed by atoms with Gasteiger partial charge in [-0.2, -0.15) is 0 Å². The van der Waals surface area contributed by atoms with Crippen molar-refractivity contribution in [2.24, 2.45) is 0 Å². The number of benzene rings is 1. The van der Waals surface area contributed by atoms with E-state index in [1.807, 2.05) is 0 Å². The number of halogens is 3. The lowest BCUT2D eigenvalue weighted by Crippen LogP contribution is -2.16. The first-order valence-corrected chi connectivity index (χ1v) is 6.24. The largest absolute Gasteiger partial charge is 0.573 e. The minimum Gasteiger partial charge on any atom is -0.406 e. The van der Waals surface area contributed by atoms with Gasteiger partial charge in [-0.15, -0.1) is 13.2 Å². The summed E-state index contributed by atoms with van der Waals surface area (Å²) in [4.78, 5) is 15.6. The van der Waals surface area contributed by atoms with Gasteiger partial charge in [-0.3, -0.25) is 9.78 Å². The Balaban J connectivity index is 2.17. The molecule has 0 unspecified atom stereocenters. The van der Waals surface area contributed by atoms with Crippen molar-refractivity contribution in [1.29, 1.82) is 0 Å². The minimum atomic E-state index is -4.71. The van der Waals surface area contributed by atoms with Crippen molar-refractivity contribution in [3.8, 4) is 17.0 Å². The average Bonchev–Trinajstić information content (AvgIpc) is 2.46. The van der Waals surface area contributed by atoms with Crippen LogP contribution in [0.3, 0.4) is 0 Å². The highest BCUT2D eigenvalue weighted by Crippen LogP contribution is 2.25. The third-order valence-corrected chi connectivity index (χ3v) is 2.79. The van der Waals surface area contributed by atoms with Gasteiger partial charge in [0.2, 0.25) is 0 Å². The summed E-state index contributed by atoms with van der Waals surface area (Å²) >= 11 is 0. The number of nitrogens with zero attached hydrogens (tertiary/aromatic N) is 1. The Kier molecular flexibility index (Phi) is 4.26. The molecule has 21 heavy (non-hydrogen) atoms. The van der Waals surface area contributed by atoms with E-state index in [2.05, 4.69) is 9.72 Å². The Labute approximate surface area is 119 Å². The Morgan fingerprint density at radius 3 is 2.29 bits per heavy atom. The molecule has 2 aromatic rings. The Hall–Kier alpha value is -2.37. The standard InChI is InChI=1S/C15H12F3NO2/c1-2-14(20)11-5-8-13(19-9-11)10-3-6-12(7-4-10)21-15(16,17)18/h3-9H,2H2,1H3. The molecule has 6 heteroatoms. The van der Waals surface area contributed by atoms with Gasteiger partial charge in [0.15, 0.2) is 5.78 Å². The molecule has 0 aliphatic rings. The minimum absolute atomic E-state index is 0.0111. The van der Waals surface area contributed by atoms with Crippen LogP contribution in [0.25, 0.3) is 11.3 Å². The molecule has 0 spiro atoms. The van der Waals surface area contributed by atoms with E-state index in [0.717, 1.165) is 0 Å². The number of pyridine rings is 1. The van der Waals surface area contributed by atoms with Crippen molar-refractivity contribution in [3.63, 3.8) is 0 Å². The van der Waals surface area contributed by atoms with Crippen LogP contribution in [0.1, 0.15) is 23.7 Å². The average molecular weight is 295 g/mol. The van der Waals surface area contributed by atoms with Crippen LogP contribution in [0.15, 0.2) is 42.6 Å². The van der Waals surface area contributed by atoms with E-state index < -0.39 is 6.36 Å². The molecular weight excluding hydrogens is 283 g/mol. The maximum Gasteiger partial charge on any atom is 0.573 e. The molecular formula is C15H12F3NO2. The fourth-order valence-electron chi connectivity index (χ4n) is 1.76. The van der Waals surface area contributed by atoms with E-state index in [1.165, 1.54) is 30.5 Å². The monoisotopic (exact) mass is 295 g/mol. The number of Topliss-reactive ketones (excluding diaryl/α,β-unsaturated/α-hetero) is 1. The Morgan fingerprint density at radius 2 is 1.81 bits per heavy atom. The molecule has 0 N–H and O–H groups in total. The van der Waals surface area contributed by atoms with Crippen LogP contribution in [0.5, 0.6) is 5.75 Å². The molecule has 0 fully saturated rings. The first kappa shape index (κ1) is 15.0. The highest BCUT2D eigenvalue weighted by Gasteiger charge is 2.30. The second-order valence-corrected chi connectivity index (χ2v) is 4.28. The van der Waals surface area contributed by atoms with Crippen LogP contribution >= 0.6 is 0 Å². The number of ether oxygens (including phenoxy) is 1. The fraction of sp³-hybridized carbons (Fsp3) is 0.200. The maximum atomic E-state index is 12.1. The maximum absolute atomic E-state index is 12.1. The second-order valence-electron chi connectivity index (χ2n) is 4.28. The summed E-state index contributed by atoms with van der Waals surface area (Å²) < 4.78 is 39.9. The molecule has 2 rings (SSSR count). The molecule has 3 nitrogen and oxygen atoms in total. The quantitative estimate of drug-likeness (QED) is 0.792. The molecule has 0 radical (unpaired) electrons. The van der Waals surface area contributed by atoms with Gasteiger partial charge in [-0.25, -0.2) is 0 Å². The molecule has 0 bridgehead atoms. The molecule has 0 aliphatic carbocycles. The number of hydrogen-bond acceptors (Lipinski definition) is 3. The van der Waals surface area contributed by atoms with Crippen molar-refractivity contribution in [2.75, 3.05) is 0 Å². The lowest BCUT2D eigenvalue weighted by Gasteiger charge is -2.09. The van der Waals surface area contributed by atoms with Gasteiger partial charge in [-0.1, -0.05) is 6.92 Å². The number of aromatic nitrogens is 1. The lowest BCUT2D eigenvalue weighted by molar-refractivity contribution is -0.274. The van der Waals surface area contributed by atoms with Gasteiger partial charge >= 0.3 is 6.36 Å². The third-order valence-electron chi connectivity index (χ3n) is 2.79. The van der Waals surface area contributed by atoms with Crippen LogP contribution in [0.4, 0.5) is 13.2 Å². The van der Waals surface area contributed by atoms with Crippen molar-refractivity contribution in [1.82, 2.24) is 4.98 Å². The summed E-state index contributed by atoms with van der Waals surface area (Å²) in [5.74, 6) is -0.299. The van der Waals surface area contributed by atoms with E-state index in [-0.39, 0.29) is 11.5 Å². The number of hydrogen-bond donors (Lipinski definition) is 0. The van der Waals surface area contributed by atoms with Crippen LogP contribution in [0, 0.1) is 0 Å². The second kappa shape index (κ2) is 5.95. The van der Waals surface area contributed by atoms with Crippen molar-refractivity contribution in [3.05, 3.63) is 48.2 Å². The first-order chi connectivity index (χ1) is 9.89. The van der Waals surface area contributed by atoms with Crippen LogP contribution in [0.2, 0.25) is 0 Å². The topological polar surface area (TPSA) is 39.2 Å². The van der Waals surface area contributed by atoms with Gasteiger partial charge in [0.05, 0.1) is 5.69 Å². The number of carbonyl (C=O) groups excluding carboxylic acids is 1. The van der Waals surface area contributed by atoms with Crippen LogP contribution in [-0.2, 0) is 0 Å². The third kappa shape index (κ3) is 4.05. The summed E-state index contributed by atoms with van der Waals surface area (Å²) in [6, 6.07) is 8.69. The molecule has 1 heterocycles. The summed E-state index contributed by atoms with van der Waals surface area (Å²) in [5.41, 5.74) is 1.72. The van der Waals surface area contributed by atoms with Crippen LogP contribution < -0.4 is 4.74 Å². The zero-order valence-electron chi connectivity index (χ0n) is 11.1. The van der Waals surface area contributed by atoms with Gasteiger partial charge in [0.25, 0.3) is 0 Å². The first-order valence-electron chi connectivity index (χ1n) is 6.24. The highest BCUT2D eigenvalue weighted by atomic mass is 19.4. The normalized spacial score (nSPS) is 11.2. The van der Waals surface area contributed by atoms with E-state index in [1.54, 1.807) is 19.1 Å². The van der Waals surface area contributed by atoms with E-state index in [9.17, 15) is 18.0 Å². The fourth-order valence-corrected chi connectivity index (χ4v) is 1.76. The highest BCUT2D eigenvalue weighted by molar-refractivity contribution is 5.95. The zero-order chi connectivity index (χ0) is 15.5. The Morgan fingerprint density at radius 1 is 1.14 bits per heavy atom. The summed E-state index contributed by atoms with van der Waals surface area (Å²) in [7, 11) is 0. The number of carbonyl (C=O) groups is 1. The summed E-state index contributed by atoms with van der Waals surface area (Å²) in [6.45, 7) is 1.76. The lowest BCUT2D eigenvalue weighted by atomic mass is 10.1. The van der Waals surface area contributed by atoms with E-state index in [0.29, 0.717) is 23.2 Å². The molecule has 0 saturated heterocycles. The summed E-state index contributed by atoms with van der Waals surface area (Å²) in [5, 5.41) is 0. The molecule has 1 aromatic carbocycles. The van der Waals surface area contributed by atoms with E-state index >= 15 is 0 Å². The number of rotatable bonds is 4. The molecule has 110 valence electrons. The molecule has 0 atom stereocenters. The van der Waals surface area contributed by atoms with Gasteiger partial charge < -0.3 is 4.74 Å². The van der Waals surface area contributed by atoms with Gasteiger partial charge in [0.1, 0.15) is 5.75 Å². The zero-order valence-corrected chi connectivity index (χ0v) is 11.1. The smallest absolute Gasteiger partial charge is 0.406 e. The SMILES string of the molecule is CCC(=O)c1ccc(-c2ccc(OC(F)(F)F)cc2)nc1. The molecule has 0 saturated carbocycles. The predicted octanol–water partition coefficient (Wildman–Crippen LogP) is 4.24. The van der Waals surface area contributed by atoms with Crippen molar-refractivity contribution < 1.29 is 22.7 Å². The van der Waals surface area contributed by atoms with Crippen LogP contribution in [-0.4, -0.2) is 17.1 Å². The molecule has 0 amide bonds. The number of alkyl halides is 3. The van der Waals surface area contributed by atoms with Crippen molar-refractivity contribution >= 4 is 5.78 Å². The summed E-state index contributed by atoms with van der Waals surface area (Å²) in [6.07, 6.45) is -2.85. The van der Waals surface area contributed by atoms with Gasteiger partial charge in [-0.05, 0) is 36.4 Å². The molecule has 0 aliphatic heterocycles.